The Balaban J connectivity index is 1.69. The molecule has 9 nitrogen and oxygen atoms in total. The highest BCUT2D eigenvalue weighted by molar-refractivity contribution is 7.90. The van der Waals surface area contributed by atoms with E-state index in [0.717, 1.165) is 6.92 Å². The monoisotopic (exact) mass is 677 g/mol. The summed E-state index contributed by atoms with van der Waals surface area (Å²) in [5, 5.41) is 12.2. The Morgan fingerprint density at radius 2 is 1.71 bits per heavy atom. The van der Waals surface area contributed by atoms with Crippen LogP contribution >= 0.6 is 24.2 Å². The number of amides is 3. The lowest BCUT2D eigenvalue weighted by Gasteiger charge is -2.23. The molecular formula is C32H37ClFN3O6S2. The summed E-state index contributed by atoms with van der Waals surface area (Å²) in [7, 11) is -4.32. The fourth-order valence-corrected chi connectivity index (χ4v) is 6.37. The minimum atomic E-state index is -4.32. The van der Waals surface area contributed by atoms with E-state index in [1.807, 2.05) is 11.6 Å². The van der Waals surface area contributed by atoms with Crippen molar-refractivity contribution in [2.45, 2.75) is 62.3 Å². The van der Waals surface area contributed by atoms with Crippen LogP contribution in [0.25, 0.3) is 11.1 Å². The van der Waals surface area contributed by atoms with E-state index in [4.69, 9.17) is 11.6 Å². The molecule has 0 saturated carbocycles. The fourth-order valence-electron chi connectivity index (χ4n) is 4.50. The van der Waals surface area contributed by atoms with Crippen LogP contribution in [0.3, 0.4) is 0 Å². The van der Waals surface area contributed by atoms with Gasteiger partial charge in [-0.25, -0.2) is 17.5 Å². The molecule has 0 aliphatic carbocycles. The van der Waals surface area contributed by atoms with Gasteiger partial charge in [-0.1, -0.05) is 67.1 Å². The van der Waals surface area contributed by atoms with Crippen LogP contribution in [0.2, 0.25) is 5.02 Å². The fraction of sp³-hybridized carbons (Fsp3) is 0.344. The summed E-state index contributed by atoms with van der Waals surface area (Å²) in [6, 6.07) is 17.4. The lowest BCUT2D eigenvalue weighted by Crippen LogP contribution is -2.37. The molecule has 0 unspecified atom stereocenters. The molecule has 3 aromatic rings. The molecule has 0 aliphatic heterocycles. The second-order valence-electron chi connectivity index (χ2n) is 10.5. The second kappa shape index (κ2) is 16.7. The van der Waals surface area contributed by atoms with Gasteiger partial charge in [0.25, 0.3) is 15.9 Å². The predicted octanol–water partition coefficient (Wildman–Crippen LogP) is 4.51. The Labute approximate surface area is 273 Å². The number of hydrogen-bond acceptors (Lipinski definition) is 7. The SMILES string of the molecule is CCCC(=O)N(CCC(=O)NC[C@H](S)Cc1ccccc1F)Cc1ccc(-c2ccccc2S(=O)(=O)NC(=O)[C@H](C)O)c(Cl)c1. The number of rotatable bonds is 15. The number of hydrogen-bond donors (Lipinski definition) is 4. The number of halogens is 2. The van der Waals surface area contributed by atoms with Crippen LogP contribution in [-0.4, -0.2) is 60.6 Å². The standard InChI is InChI=1S/C32H37ClFN3O6S2/c1-3-8-31(40)37(16-15-30(39)35-19-24(44)18-23-9-4-6-11-28(23)34)20-22-13-14-25(27(33)17-22)26-10-5-7-12-29(26)45(42,43)36-32(41)21(2)38/h4-7,9-14,17,21,24,38,44H,3,8,15-16,18-20H2,1-2H3,(H,35,39)(H,36,41)/t21-,24+/m0/s1. The van der Waals surface area contributed by atoms with E-state index in [0.29, 0.717) is 29.5 Å². The number of carbonyl (C=O) groups is 3. The van der Waals surface area contributed by atoms with Crippen molar-refractivity contribution in [2.24, 2.45) is 0 Å². The number of benzene rings is 3. The van der Waals surface area contributed by atoms with E-state index in [-0.39, 0.29) is 70.8 Å². The predicted molar refractivity (Wildman–Crippen MR) is 175 cm³/mol. The molecule has 242 valence electrons. The molecule has 2 atom stereocenters. The zero-order chi connectivity index (χ0) is 33.1. The van der Waals surface area contributed by atoms with Crippen LogP contribution in [-0.2, 0) is 37.4 Å². The van der Waals surface area contributed by atoms with E-state index >= 15 is 0 Å². The lowest BCUT2D eigenvalue weighted by molar-refractivity contribution is -0.132. The average molecular weight is 678 g/mol. The van der Waals surface area contributed by atoms with Gasteiger partial charge >= 0.3 is 0 Å². The van der Waals surface area contributed by atoms with E-state index in [1.54, 1.807) is 53.4 Å². The highest BCUT2D eigenvalue weighted by Crippen LogP contribution is 2.33. The van der Waals surface area contributed by atoms with E-state index < -0.39 is 22.0 Å². The molecule has 0 aromatic heterocycles. The number of aliphatic hydroxyl groups excluding tert-OH is 1. The smallest absolute Gasteiger partial charge is 0.264 e. The van der Waals surface area contributed by atoms with Gasteiger partial charge in [0.05, 0.1) is 4.90 Å². The Hall–Kier alpha value is -3.45. The van der Waals surface area contributed by atoms with Crippen LogP contribution in [0.4, 0.5) is 4.39 Å². The van der Waals surface area contributed by atoms with Crippen molar-refractivity contribution in [3.05, 3.63) is 88.7 Å². The van der Waals surface area contributed by atoms with Gasteiger partial charge in [-0.3, -0.25) is 14.4 Å². The first kappa shape index (κ1) is 36.0. The van der Waals surface area contributed by atoms with Crippen molar-refractivity contribution in [3.63, 3.8) is 0 Å². The van der Waals surface area contributed by atoms with Crippen LogP contribution in [0, 0.1) is 5.82 Å². The first-order valence-electron chi connectivity index (χ1n) is 14.4. The summed E-state index contributed by atoms with van der Waals surface area (Å²) >= 11 is 11.1. The van der Waals surface area contributed by atoms with Crippen molar-refractivity contribution in [2.75, 3.05) is 13.1 Å². The molecule has 13 heteroatoms. The number of aliphatic hydroxyl groups is 1. The van der Waals surface area contributed by atoms with Gasteiger partial charge in [0, 0.05) is 53.9 Å². The van der Waals surface area contributed by atoms with Gasteiger partial charge < -0.3 is 15.3 Å². The zero-order valence-electron chi connectivity index (χ0n) is 25.0. The Morgan fingerprint density at radius 3 is 2.38 bits per heavy atom. The van der Waals surface area contributed by atoms with Crippen molar-refractivity contribution in [1.29, 1.82) is 0 Å². The maximum absolute atomic E-state index is 13.9. The maximum Gasteiger partial charge on any atom is 0.264 e. The van der Waals surface area contributed by atoms with Crippen LogP contribution in [0.15, 0.2) is 71.6 Å². The molecule has 45 heavy (non-hydrogen) atoms. The third-order valence-electron chi connectivity index (χ3n) is 6.86. The molecule has 3 aromatic carbocycles. The molecule has 3 N–H and O–H groups in total. The number of nitrogens with one attached hydrogen (secondary N) is 2. The molecule has 3 amide bonds. The van der Waals surface area contributed by atoms with E-state index in [2.05, 4.69) is 17.9 Å². The number of thiol groups is 1. The molecule has 0 fully saturated rings. The second-order valence-corrected chi connectivity index (χ2v) is 13.3. The summed E-state index contributed by atoms with van der Waals surface area (Å²) in [6.07, 6.45) is -0.218. The zero-order valence-corrected chi connectivity index (χ0v) is 27.5. The minimum Gasteiger partial charge on any atom is -0.384 e. The molecule has 0 saturated heterocycles. The number of nitrogens with zero attached hydrogens (tertiary/aromatic N) is 1. The van der Waals surface area contributed by atoms with Crippen LogP contribution < -0.4 is 10.0 Å². The van der Waals surface area contributed by atoms with Crippen LogP contribution in [0.5, 0.6) is 0 Å². The molecular weight excluding hydrogens is 641 g/mol. The third kappa shape index (κ3) is 10.6. The van der Waals surface area contributed by atoms with E-state index in [9.17, 15) is 32.3 Å². The van der Waals surface area contributed by atoms with Crippen molar-refractivity contribution < 1.29 is 32.3 Å². The first-order valence-corrected chi connectivity index (χ1v) is 16.8. The van der Waals surface area contributed by atoms with Crippen LogP contribution in [0.1, 0.15) is 44.2 Å². The lowest BCUT2D eigenvalue weighted by atomic mass is 10.0. The Bertz CT molecular complexity index is 1620. The maximum atomic E-state index is 13.9. The van der Waals surface area contributed by atoms with Crippen molar-refractivity contribution in [1.82, 2.24) is 14.9 Å². The van der Waals surface area contributed by atoms with Gasteiger partial charge in [0.15, 0.2) is 0 Å². The number of carbonyl (C=O) groups excluding carboxylic acids is 3. The average Bonchev–Trinajstić information content (AvgIpc) is 2.99. The summed E-state index contributed by atoms with van der Waals surface area (Å²) in [6.45, 7) is 3.58. The molecule has 0 heterocycles. The molecule has 0 spiro atoms. The molecule has 0 aliphatic rings. The Morgan fingerprint density at radius 1 is 1.02 bits per heavy atom. The van der Waals surface area contributed by atoms with Gasteiger partial charge in [-0.15, -0.1) is 0 Å². The topological polar surface area (TPSA) is 133 Å². The summed E-state index contributed by atoms with van der Waals surface area (Å²) in [5.74, 6) is -1.80. The quantitative estimate of drug-likeness (QED) is 0.175. The number of sulfonamides is 1. The highest BCUT2D eigenvalue weighted by atomic mass is 35.5. The van der Waals surface area contributed by atoms with Gasteiger partial charge in [0.2, 0.25) is 11.8 Å². The summed E-state index contributed by atoms with van der Waals surface area (Å²) in [5.41, 5.74) is 1.80. The summed E-state index contributed by atoms with van der Waals surface area (Å²) in [4.78, 5) is 38.8. The third-order valence-corrected chi connectivity index (χ3v) is 8.94. The van der Waals surface area contributed by atoms with Gasteiger partial charge in [0.1, 0.15) is 11.9 Å². The molecule has 0 radical (unpaired) electrons. The molecule has 3 rings (SSSR count). The largest absolute Gasteiger partial charge is 0.384 e. The van der Waals surface area contributed by atoms with Crippen molar-refractivity contribution >= 4 is 52.0 Å². The molecule has 0 bridgehead atoms. The normalized spacial score (nSPS) is 12.7. The Kier molecular flexibility index (Phi) is 13.4. The first-order chi connectivity index (χ1) is 21.3. The minimum absolute atomic E-state index is 0.0465. The van der Waals surface area contributed by atoms with Crippen molar-refractivity contribution in [3.8, 4) is 11.1 Å². The summed E-state index contributed by atoms with van der Waals surface area (Å²) < 4.78 is 41.6. The highest BCUT2D eigenvalue weighted by Gasteiger charge is 2.25. The van der Waals surface area contributed by atoms with Gasteiger partial charge in [-0.05, 0) is 49.1 Å². The van der Waals surface area contributed by atoms with E-state index in [1.165, 1.54) is 18.2 Å². The van der Waals surface area contributed by atoms with Gasteiger partial charge in [-0.2, -0.15) is 12.6 Å².